The summed E-state index contributed by atoms with van der Waals surface area (Å²) < 4.78 is 0. The van der Waals surface area contributed by atoms with E-state index in [1.54, 1.807) is 12.4 Å². The van der Waals surface area contributed by atoms with Crippen LogP contribution in [0.4, 0.5) is 0 Å². The molecule has 3 aromatic heterocycles. The van der Waals surface area contributed by atoms with Crippen LogP contribution in [0.2, 0.25) is 0 Å². The van der Waals surface area contributed by atoms with Crippen molar-refractivity contribution >= 4 is 10.9 Å². The third kappa shape index (κ3) is 2.84. The van der Waals surface area contributed by atoms with Crippen molar-refractivity contribution in [1.82, 2.24) is 29.8 Å². The lowest BCUT2D eigenvalue weighted by Gasteiger charge is -2.27. The molecule has 0 atom stereocenters. The molecular weight excluding hydrogens is 324 g/mol. The van der Waals surface area contributed by atoms with Gasteiger partial charge in [-0.2, -0.15) is 0 Å². The van der Waals surface area contributed by atoms with Crippen LogP contribution in [0.1, 0.15) is 17.0 Å². The molecule has 6 heteroatoms. The van der Waals surface area contributed by atoms with E-state index in [1.165, 1.54) is 28.5 Å². The molecule has 5 rings (SSSR count). The number of hydrogen-bond donors (Lipinski definition) is 1. The van der Waals surface area contributed by atoms with E-state index in [-0.39, 0.29) is 0 Å². The molecule has 1 aliphatic heterocycles. The maximum absolute atomic E-state index is 4.73. The van der Waals surface area contributed by atoms with E-state index < -0.39 is 0 Å². The maximum Gasteiger partial charge on any atom is 0.162 e. The molecule has 6 nitrogen and oxygen atoms in total. The van der Waals surface area contributed by atoms with E-state index in [0.29, 0.717) is 5.82 Å². The molecule has 0 saturated heterocycles. The molecule has 1 aromatic carbocycles. The quantitative estimate of drug-likeness (QED) is 0.620. The monoisotopic (exact) mass is 342 g/mol. The fraction of sp³-hybridized carbons (Fsp3) is 0.200. The van der Waals surface area contributed by atoms with Crippen LogP contribution in [0.3, 0.4) is 0 Å². The zero-order chi connectivity index (χ0) is 17.3. The number of nitrogens with zero attached hydrogens (tertiary/aromatic N) is 5. The Labute approximate surface area is 151 Å². The van der Waals surface area contributed by atoms with Crippen molar-refractivity contribution in [2.45, 2.75) is 19.5 Å². The first kappa shape index (κ1) is 15.2. The van der Waals surface area contributed by atoms with Crippen LogP contribution in [0, 0.1) is 0 Å². The topological polar surface area (TPSA) is 70.6 Å². The van der Waals surface area contributed by atoms with Crippen LogP contribution < -0.4 is 0 Å². The van der Waals surface area contributed by atoms with Crippen molar-refractivity contribution < 1.29 is 0 Å². The minimum atomic E-state index is 0.702. The predicted octanol–water partition coefficient (Wildman–Crippen LogP) is 2.97. The predicted molar refractivity (Wildman–Crippen MR) is 99.2 cm³/mol. The first-order chi connectivity index (χ1) is 12.8. The number of H-pyrrole nitrogens is 1. The molecule has 0 fully saturated rings. The second kappa shape index (κ2) is 6.31. The summed E-state index contributed by atoms with van der Waals surface area (Å²) in [4.78, 5) is 23.3. The molecule has 0 bridgehead atoms. The van der Waals surface area contributed by atoms with Gasteiger partial charge in [-0.15, -0.1) is 0 Å². The number of rotatable bonds is 3. The molecular formula is C20H18N6. The summed E-state index contributed by atoms with van der Waals surface area (Å²) in [6.45, 7) is 2.77. The second-order valence-corrected chi connectivity index (χ2v) is 6.64. The summed E-state index contributed by atoms with van der Waals surface area (Å²) in [5, 5.41) is 1.26. The van der Waals surface area contributed by atoms with Crippen LogP contribution in [-0.4, -0.2) is 36.4 Å². The molecule has 1 N–H and O–H groups in total. The highest BCUT2D eigenvalue weighted by Crippen LogP contribution is 2.22. The molecule has 0 amide bonds. The summed E-state index contributed by atoms with van der Waals surface area (Å²) in [7, 11) is 0. The largest absolute Gasteiger partial charge is 0.357 e. The number of benzene rings is 1. The average Bonchev–Trinajstić information content (AvgIpc) is 3.10. The first-order valence-corrected chi connectivity index (χ1v) is 8.74. The molecule has 4 aromatic rings. The minimum absolute atomic E-state index is 0.702. The van der Waals surface area contributed by atoms with Crippen molar-refractivity contribution in [3.63, 3.8) is 0 Å². The van der Waals surface area contributed by atoms with Gasteiger partial charge >= 0.3 is 0 Å². The molecule has 0 spiro atoms. The maximum atomic E-state index is 4.73. The summed E-state index contributed by atoms with van der Waals surface area (Å²) in [5.41, 5.74) is 5.63. The van der Waals surface area contributed by atoms with Gasteiger partial charge in [0.1, 0.15) is 6.33 Å². The van der Waals surface area contributed by atoms with Gasteiger partial charge in [0.05, 0.1) is 11.3 Å². The van der Waals surface area contributed by atoms with Crippen molar-refractivity contribution in [2.24, 2.45) is 0 Å². The third-order valence-electron chi connectivity index (χ3n) is 4.81. The van der Waals surface area contributed by atoms with Crippen LogP contribution in [-0.2, 0) is 19.5 Å². The second-order valence-electron chi connectivity index (χ2n) is 6.64. The summed E-state index contributed by atoms with van der Waals surface area (Å²) in [5.74, 6) is 0.702. The lowest BCUT2D eigenvalue weighted by Crippen LogP contribution is -2.31. The molecule has 0 aliphatic carbocycles. The van der Waals surface area contributed by atoms with E-state index in [4.69, 9.17) is 4.98 Å². The molecule has 0 saturated carbocycles. The number of aromatic nitrogens is 5. The SMILES string of the molecule is c1ccc2[nH]c(CN3CCc4nc(-c5cncnc5)ncc4C3)cc2c1. The fourth-order valence-corrected chi connectivity index (χ4v) is 3.52. The van der Waals surface area contributed by atoms with Crippen LogP contribution >= 0.6 is 0 Å². The Morgan fingerprint density at radius 1 is 1.08 bits per heavy atom. The van der Waals surface area contributed by atoms with Crippen molar-refractivity contribution in [3.05, 3.63) is 72.2 Å². The Morgan fingerprint density at radius 2 is 1.96 bits per heavy atom. The number of para-hydroxylation sites is 1. The van der Waals surface area contributed by atoms with E-state index in [0.717, 1.165) is 37.3 Å². The Bertz CT molecular complexity index is 1020. The molecule has 128 valence electrons. The third-order valence-corrected chi connectivity index (χ3v) is 4.81. The zero-order valence-corrected chi connectivity index (χ0v) is 14.3. The highest BCUT2D eigenvalue weighted by molar-refractivity contribution is 5.80. The van der Waals surface area contributed by atoms with Gasteiger partial charge in [0.25, 0.3) is 0 Å². The van der Waals surface area contributed by atoms with Gasteiger partial charge in [-0.3, -0.25) is 4.90 Å². The average molecular weight is 342 g/mol. The van der Waals surface area contributed by atoms with Gasteiger partial charge in [0, 0.05) is 61.4 Å². The number of fused-ring (bicyclic) bond motifs is 2. The Hall–Kier alpha value is -3.12. The lowest BCUT2D eigenvalue weighted by atomic mass is 10.1. The normalized spacial score (nSPS) is 14.5. The summed E-state index contributed by atoms with van der Waals surface area (Å²) in [6.07, 6.45) is 7.89. The van der Waals surface area contributed by atoms with E-state index in [1.807, 2.05) is 6.20 Å². The van der Waals surface area contributed by atoms with Gasteiger partial charge in [-0.05, 0) is 17.5 Å². The molecule has 0 unspecified atom stereocenters. The van der Waals surface area contributed by atoms with Gasteiger partial charge in [0.2, 0.25) is 0 Å². The van der Waals surface area contributed by atoms with Gasteiger partial charge < -0.3 is 4.98 Å². The van der Waals surface area contributed by atoms with Crippen LogP contribution in [0.5, 0.6) is 0 Å². The number of nitrogens with one attached hydrogen (secondary N) is 1. The smallest absolute Gasteiger partial charge is 0.162 e. The van der Waals surface area contributed by atoms with Crippen molar-refractivity contribution in [3.8, 4) is 11.4 Å². The Balaban J connectivity index is 1.35. The highest BCUT2D eigenvalue weighted by atomic mass is 15.1. The van der Waals surface area contributed by atoms with Gasteiger partial charge in [-0.1, -0.05) is 18.2 Å². The van der Waals surface area contributed by atoms with Gasteiger partial charge in [0.15, 0.2) is 5.82 Å². The summed E-state index contributed by atoms with van der Waals surface area (Å²) >= 11 is 0. The van der Waals surface area contributed by atoms with Gasteiger partial charge in [-0.25, -0.2) is 19.9 Å². The van der Waals surface area contributed by atoms with Crippen molar-refractivity contribution in [1.29, 1.82) is 0 Å². The summed E-state index contributed by atoms with van der Waals surface area (Å²) in [6, 6.07) is 10.6. The molecule has 0 radical (unpaired) electrons. The van der Waals surface area contributed by atoms with Crippen molar-refractivity contribution in [2.75, 3.05) is 6.54 Å². The highest BCUT2D eigenvalue weighted by Gasteiger charge is 2.19. The first-order valence-electron chi connectivity index (χ1n) is 8.74. The van der Waals surface area contributed by atoms with Crippen LogP contribution in [0.25, 0.3) is 22.3 Å². The number of hydrogen-bond acceptors (Lipinski definition) is 5. The van der Waals surface area contributed by atoms with E-state index >= 15 is 0 Å². The molecule has 26 heavy (non-hydrogen) atoms. The minimum Gasteiger partial charge on any atom is -0.357 e. The lowest BCUT2D eigenvalue weighted by molar-refractivity contribution is 0.240. The fourth-order valence-electron chi connectivity index (χ4n) is 3.52. The molecule has 1 aliphatic rings. The van der Waals surface area contributed by atoms with E-state index in [9.17, 15) is 0 Å². The zero-order valence-electron chi connectivity index (χ0n) is 14.3. The Kier molecular flexibility index (Phi) is 3.68. The van der Waals surface area contributed by atoms with E-state index in [2.05, 4.69) is 55.2 Å². The number of aromatic amines is 1. The Morgan fingerprint density at radius 3 is 2.85 bits per heavy atom. The van der Waals surface area contributed by atoms with Crippen LogP contribution in [0.15, 0.2) is 55.2 Å². The standard InChI is InChI=1S/C20H18N6/c1-2-4-18-14(3-1)7-17(24-18)12-26-6-5-19-16(11-26)10-23-20(25-19)15-8-21-13-22-9-15/h1-4,7-10,13,24H,5-6,11-12H2. The molecule has 4 heterocycles.